The van der Waals surface area contributed by atoms with Crippen molar-refractivity contribution in [1.82, 2.24) is 0 Å². The molecule has 0 aromatic heterocycles. The number of halogens is 1. The van der Waals surface area contributed by atoms with Crippen LogP contribution in [0.3, 0.4) is 0 Å². The summed E-state index contributed by atoms with van der Waals surface area (Å²) in [4.78, 5) is 0. The summed E-state index contributed by atoms with van der Waals surface area (Å²) in [6, 6.07) is 5.80. The fraction of sp³-hybridized carbons (Fsp3) is 0.647. The van der Waals surface area contributed by atoms with Gasteiger partial charge in [0.15, 0.2) is 0 Å². The number of nitrogens with two attached hydrogens (primary N) is 1. The molecule has 0 amide bonds. The lowest BCUT2D eigenvalue weighted by Crippen LogP contribution is -2.37. The van der Waals surface area contributed by atoms with E-state index in [2.05, 4.69) is 27.7 Å². The Morgan fingerprint density at radius 1 is 1.38 bits per heavy atom. The highest BCUT2D eigenvalue weighted by molar-refractivity contribution is 6.31. The van der Waals surface area contributed by atoms with Crippen LogP contribution in [0.1, 0.15) is 46.6 Å². The van der Waals surface area contributed by atoms with Crippen LogP contribution in [0.2, 0.25) is 5.02 Å². The van der Waals surface area contributed by atoms with E-state index in [1.165, 1.54) is 0 Å². The lowest BCUT2D eigenvalue weighted by Gasteiger charge is -2.28. The van der Waals surface area contributed by atoms with Crippen LogP contribution in [0.5, 0.6) is 5.75 Å². The van der Waals surface area contributed by atoms with Crippen LogP contribution in [-0.4, -0.2) is 23.3 Å². The van der Waals surface area contributed by atoms with Crippen LogP contribution in [-0.2, 0) is 11.2 Å². The first-order valence-corrected chi connectivity index (χ1v) is 7.88. The quantitative estimate of drug-likeness (QED) is 0.915. The molecule has 1 fully saturated rings. The van der Waals surface area contributed by atoms with Gasteiger partial charge in [-0.25, -0.2) is 0 Å². The average Bonchev–Trinajstić information content (AvgIpc) is 2.51. The summed E-state index contributed by atoms with van der Waals surface area (Å²) < 4.78 is 12.4. The van der Waals surface area contributed by atoms with E-state index in [4.69, 9.17) is 26.8 Å². The zero-order chi connectivity index (χ0) is 15.8. The molecule has 21 heavy (non-hydrogen) atoms. The van der Waals surface area contributed by atoms with Gasteiger partial charge in [-0.15, -0.1) is 0 Å². The van der Waals surface area contributed by atoms with E-state index in [0.717, 1.165) is 17.7 Å². The van der Waals surface area contributed by atoms with Gasteiger partial charge in [0.05, 0.1) is 5.60 Å². The van der Waals surface area contributed by atoms with Crippen molar-refractivity contribution in [3.63, 3.8) is 0 Å². The Morgan fingerprint density at radius 3 is 2.57 bits per heavy atom. The van der Waals surface area contributed by atoms with Crippen LogP contribution < -0.4 is 10.5 Å². The molecule has 0 bridgehead atoms. The molecule has 4 heteroatoms. The third-order valence-corrected chi connectivity index (χ3v) is 4.22. The summed E-state index contributed by atoms with van der Waals surface area (Å²) in [5.74, 6) is 0.819. The molecule has 2 unspecified atom stereocenters. The van der Waals surface area contributed by atoms with Gasteiger partial charge in [-0.2, -0.15) is 0 Å². The van der Waals surface area contributed by atoms with E-state index < -0.39 is 0 Å². The molecule has 0 spiro atoms. The largest absolute Gasteiger partial charge is 0.487 e. The summed E-state index contributed by atoms with van der Waals surface area (Å²) in [6.45, 7) is 10.3. The Kier molecular flexibility index (Phi) is 4.57. The molecular formula is C17H26ClNO2. The number of ether oxygens (including phenoxy) is 2. The summed E-state index contributed by atoms with van der Waals surface area (Å²) >= 11 is 6.32. The van der Waals surface area contributed by atoms with E-state index in [9.17, 15) is 0 Å². The first-order valence-electron chi connectivity index (χ1n) is 7.50. The Morgan fingerprint density at radius 2 is 2.05 bits per heavy atom. The van der Waals surface area contributed by atoms with Crippen LogP contribution in [0.4, 0.5) is 0 Å². The van der Waals surface area contributed by atoms with Crippen LogP contribution in [0.15, 0.2) is 18.2 Å². The van der Waals surface area contributed by atoms with E-state index >= 15 is 0 Å². The Bertz CT molecular complexity index is 512. The lowest BCUT2D eigenvalue weighted by atomic mass is 9.97. The second-order valence-electron chi connectivity index (χ2n) is 7.17. The minimum absolute atomic E-state index is 0.00204. The highest BCUT2D eigenvalue weighted by Gasteiger charge is 2.47. The SMILES string of the molecule is CC(N)Cc1c(Cl)cccc1OC1CC(C)(C)OC1(C)C. The van der Waals surface area contributed by atoms with Gasteiger partial charge in [0.25, 0.3) is 0 Å². The molecule has 3 nitrogen and oxygen atoms in total. The molecule has 0 radical (unpaired) electrons. The first kappa shape index (κ1) is 16.6. The molecule has 1 aliphatic rings. The van der Waals surface area contributed by atoms with Crippen molar-refractivity contribution < 1.29 is 9.47 Å². The summed E-state index contributed by atoms with van der Waals surface area (Å²) in [5.41, 5.74) is 6.41. The van der Waals surface area contributed by atoms with Gasteiger partial charge in [0, 0.05) is 23.0 Å². The minimum Gasteiger partial charge on any atom is -0.487 e. The number of rotatable bonds is 4. The molecule has 1 aliphatic heterocycles. The highest BCUT2D eigenvalue weighted by atomic mass is 35.5. The predicted molar refractivity (Wildman–Crippen MR) is 87.1 cm³/mol. The Hall–Kier alpha value is -0.770. The molecule has 1 heterocycles. The molecule has 0 saturated carbocycles. The van der Waals surface area contributed by atoms with E-state index in [1.54, 1.807) is 0 Å². The number of hydrogen-bond donors (Lipinski definition) is 1. The van der Waals surface area contributed by atoms with Crippen molar-refractivity contribution in [2.45, 2.75) is 70.8 Å². The fourth-order valence-corrected chi connectivity index (χ4v) is 3.26. The molecule has 2 atom stereocenters. The third kappa shape index (κ3) is 3.91. The van der Waals surface area contributed by atoms with Crippen molar-refractivity contribution in [3.8, 4) is 5.75 Å². The highest BCUT2D eigenvalue weighted by Crippen LogP contribution is 2.40. The third-order valence-electron chi connectivity index (χ3n) is 3.86. The van der Waals surface area contributed by atoms with Gasteiger partial charge < -0.3 is 15.2 Å². The number of benzene rings is 1. The fourth-order valence-electron chi connectivity index (χ4n) is 3.02. The van der Waals surface area contributed by atoms with E-state index in [-0.39, 0.29) is 23.3 Å². The standard InChI is InChI=1S/C17H26ClNO2/c1-11(19)9-12-13(18)7-6-8-14(12)20-15-10-16(2,3)21-17(15,4)5/h6-8,11,15H,9-10,19H2,1-5H3. The molecule has 2 rings (SSSR count). The van der Waals surface area contributed by atoms with Gasteiger partial charge in [-0.1, -0.05) is 17.7 Å². The molecule has 1 aromatic rings. The predicted octanol–water partition coefficient (Wildman–Crippen LogP) is 3.95. The maximum absolute atomic E-state index is 6.32. The van der Waals surface area contributed by atoms with Crippen LogP contribution in [0, 0.1) is 0 Å². The second-order valence-corrected chi connectivity index (χ2v) is 7.58. The zero-order valence-electron chi connectivity index (χ0n) is 13.6. The maximum Gasteiger partial charge on any atom is 0.130 e. The van der Waals surface area contributed by atoms with Gasteiger partial charge in [-0.05, 0) is 53.2 Å². The summed E-state index contributed by atoms with van der Waals surface area (Å²) in [6.07, 6.45) is 1.55. The first-order chi connectivity index (χ1) is 9.61. The van der Waals surface area contributed by atoms with Gasteiger partial charge in [-0.3, -0.25) is 0 Å². The van der Waals surface area contributed by atoms with Crippen molar-refractivity contribution >= 4 is 11.6 Å². The smallest absolute Gasteiger partial charge is 0.130 e. The average molecular weight is 312 g/mol. The van der Waals surface area contributed by atoms with E-state index in [1.807, 2.05) is 25.1 Å². The van der Waals surface area contributed by atoms with Gasteiger partial charge in [0.1, 0.15) is 17.5 Å². The second kappa shape index (κ2) is 5.79. The van der Waals surface area contributed by atoms with Crippen molar-refractivity contribution in [1.29, 1.82) is 0 Å². The van der Waals surface area contributed by atoms with Crippen LogP contribution in [0.25, 0.3) is 0 Å². The lowest BCUT2D eigenvalue weighted by molar-refractivity contribution is -0.0846. The van der Waals surface area contributed by atoms with Crippen molar-refractivity contribution in [2.24, 2.45) is 5.73 Å². The maximum atomic E-state index is 6.32. The molecule has 118 valence electrons. The number of hydrogen-bond acceptors (Lipinski definition) is 3. The normalized spacial score (nSPS) is 24.8. The monoisotopic (exact) mass is 311 g/mol. The van der Waals surface area contributed by atoms with E-state index in [0.29, 0.717) is 11.4 Å². The van der Waals surface area contributed by atoms with Crippen LogP contribution >= 0.6 is 11.6 Å². The molecule has 0 aliphatic carbocycles. The molecule has 1 saturated heterocycles. The topological polar surface area (TPSA) is 44.5 Å². The van der Waals surface area contributed by atoms with Crippen molar-refractivity contribution in [2.75, 3.05) is 0 Å². The molecular weight excluding hydrogens is 286 g/mol. The summed E-state index contributed by atoms with van der Waals surface area (Å²) in [5, 5.41) is 0.709. The van der Waals surface area contributed by atoms with Gasteiger partial charge >= 0.3 is 0 Å². The molecule has 2 N–H and O–H groups in total. The Balaban J connectivity index is 2.26. The Labute approximate surface area is 132 Å². The van der Waals surface area contributed by atoms with Crippen molar-refractivity contribution in [3.05, 3.63) is 28.8 Å². The summed E-state index contributed by atoms with van der Waals surface area (Å²) in [7, 11) is 0. The molecule has 1 aromatic carbocycles. The minimum atomic E-state index is -0.322. The zero-order valence-corrected chi connectivity index (χ0v) is 14.3. The van der Waals surface area contributed by atoms with Gasteiger partial charge in [0.2, 0.25) is 0 Å².